The van der Waals surface area contributed by atoms with E-state index in [4.69, 9.17) is 5.26 Å². The Bertz CT molecular complexity index is 625. The van der Waals surface area contributed by atoms with Crippen LogP contribution in [-0.2, 0) is 15.8 Å². The van der Waals surface area contributed by atoms with Crippen molar-refractivity contribution in [2.24, 2.45) is 5.92 Å². The number of benzene rings is 1. The molecule has 0 aliphatic rings. The first-order chi connectivity index (χ1) is 10.4. The molecular weight excluding hydrogens is 313 g/mol. The van der Waals surface area contributed by atoms with Crippen LogP contribution in [0, 0.1) is 17.2 Å². The minimum Gasteiger partial charge on any atom is -0.390 e. The summed E-state index contributed by atoms with van der Waals surface area (Å²) in [6, 6.07) is 5.12. The van der Waals surface area contributed by atoms with Crippen molar-refractivity contribution in [2.75, 3.05) is 5.32 Å². The first-order valence-corrected chi connectivity index (χ1v) is 6.57. The SMILES string of the molecule is CC(C)(O)CC(=O)C(C#N)C(=O)Nc1ccc(C(F)(F)F)cc1. The average molecular weight is 328 g/mol. The van der Waals surface area contributed by atoms with Crippen LogP contribution < -0.4 is 5.32 Å². The lowest BCUT2D eigenvalue weighted by Crippen LogP contribution is -2.33. The molecule has 0 bridgehead atoms. The molecule has 0 spiro atoms. The lowest BCUT2D eigenvalue weighted by atomic mass is 9.94. The van der Waals surface area contributed by atoms with Crippen molar-refractivity contribution in [1.82, 2.24) is 0 Å². The highest BCUT2D eigenvalue weighted by molar-refractivity contribution is 6.09. The quantitative estimate of drug-likeness (QED) is 0.813. The first kappa shape index (κ1) is 18.6. The summed E-state index contributed by atoms with van der Waals surface area (Å²) in [7, 11) is 0. The molecule has 0 saturated carbocycles. The summed E-state index contributed by atoms with van der Waals surface area (Å²) < 4.78 is 37.3. The molecule has 5 nitrogen and oxygen atoms in total. The Labute approximate surface area is 130 Å². The number of nitrogens with one attached hydrogen (secondary N) is 1. The highest BCUT2D eigenvalue weighted by Crippen LogP contribution is 2.29. The van der Waals surface area contributed by atoms with E-state index in [1.54, 1.807) is 0 Å². The number of anilines is 1. The van der Waals surface area contributed by atoms with Gasteiger partial charge in [-0.2, -0.15) is 18.4 Å². The van der Waals surface area contributed by atoms with Gasteiger partial charge in [-0.1, -0.05) is 0 Å². The third kappa shape index (κ3) is 5.71. The number of Topliss-reactive ketones (excluding diaryl/α,β-unsaturated/α-hetero) is 1. The molecule has 0 aliphatic heterocycles. The van der Waals surface area contributed by atoms with E-state index in [0.29, 0.717) is 0 Å². The number of hydrogen-bond acceptors (Lipinski definition) is 4. The van der Waals surface area contributed by atoms with E-state index in [0.717, 1.165) is 24.3 Å². The third-order valence-corrected chi connectivity index (χ3v) is 2.80. The summed E-state index contributed by atoms with van der Waals surface area (Å²) in [6.45, 7) is 2.71. The van der Waals surface area contributed by atoms with Gasteiger partial charge in [0.25, 0.3) is 0 Å². The maximum atomic E-state index is 12.4. The number of alkyl halides is 3. The van der Waals surface area contributed by atoms with Crippen LogP contribution >= 0.6 is 0 Å². The van der Waals surface area contributed by atoms with Crippen molar-refractivity contribution in [3.63, 3.8) is 0 Å². The number of carbonyl (C=O) groups is 2. The van der Waals surface area contributed by atoms with Gasteiger partial charge in [-0.25, -0.2) is 0 Å². The van der Waals surface area contributed by atoms with Gasteiger partial charge in [0.15, 0.2) is 11.7 Å². The maximum absolute atomic E-state index is 12.4. The van der Waals surface area contributed by atoms with Gasteiger partial charge in [0.2, 0.25) is 5.91 Å². The van der Waals surface area contributed by atoms with Crippen LogP contribution in [0.1, 0.15) is 25.8 Å². The van der Waals surface area contributed by atoms with E-state index in [2.05, 4.69) is 5.32 Å². The summed E-state index contributed by atoms with van der Waals surface area (Å²) in [5.74, 6) is -3.38. The number of halogens is 3. The molecule has 0 aliphatic carbocycles. The molecule has 0 fully saturated rings. The van der Waals surface area contributed by atoms with E-state index in [1.165, 1.54) is 19.9 Å². The summed E-state index contributed by atoms with van der Waals surface area (Å²) in [5, 5.41) is 20.7. The lowest BCUT2D eigenvalue weighted by Gasteiger charge is -2.17. The second-order valence-corrected chi connectivity index (χ2v) is 5.58. The second-order valence-electron chi connectivity index (χ2n) is 5.58. The topological polar surface area (TPSA) is 90.2 Å². The molecule has 1 aromatic rings. The van der Waals surface area contributed by atoms with E-state index in [9.17, 15) is 27.9 Å². The molecule has 0 heterocycles. The first-order valence-electron chi connectivity index (χ1n) is 6.57. The van der Waals surface area contributed by atoms with E-state index in [-0.39, 0.29) is 5.69 Å². The molecule has 1 unspecified atom stereocenters. The number of ketones is 1. The number of amides is 1. The van der Waals surface area contributed by atoms with Gasteiger partial charge < -0.3 is 10.4 Å². The van der Waals surface area contributed by atoms with Crippen molar-refractivity contribution in [1.29, 1.82) is 5.26 Å². The zero-order valence-electron chi connectivity index (χ0n) is 12.4. The fraction of sp³-hybridized carbons (Fsp3) is 0.400. The molecule has 8 heteroatoms. The molecule has 2 N–H and O–H groups in total. The van der Waals surface area contributed by atoms with Crippen LogP contribution in [0.15, 0.2) is 24.3 Å². The Balaban J connectivity index is 2.81. The number of carbonyl (C=O) groups excluding carboxylic acids is 2. The van der Waals surface area contributed by atoms with E-state index < -0.39 is 41.4 Å². The Morgan fingerprint density at radius 1 is 1.26 bits per heavy atom. The Hall–Kier alpha value is -2.40. The molecule has 124 valence electrons. The highest BCUT2D eigenvalue weighted by Gasteiger charge is 2.32. The van der Waals surface area contributed by atoms with Crippen LogP contribution in [0.2, 0.25) is 0 Å². The third-order valence-electron chi connectivity index (χ3n) is 2.80. The van der Waals surface area contributed by atoms with E-state index in [1.807, 2.05) is 0 Å². The Morgan fingerprint density at radius 2 is 1.78 bits per heavy atom. The molecule has 1 atom stereocenters. The number of nitrogens with zero attached hydrogens (tertiary/aromatic N) is 1. The largest absolute Gasteiger partial charge is 0.416 e. The molecule has 0 aromatic heterocycles. The number of aliphatic hydroxyl groups is 1. The number of hydrogen-bond donors (Lipinski definition) is 2. The minimum absolute atomic E-state index is 0.0271. The van der Waals surface area contributed by atoms with Gasteiger partial charge in [-0.15, -0.1) is 0 Å². The summed E-state index contributed by atoms with van der Waals surface area (Å²) in [4.78, 5) is 23.7. The van der Waals surface area contributed by atoms with Crippen LogP contribution in [0.3, 0.4) is 0 Å². The zero-order valence-corrected chi connectivity index (χ0v) is 12.4. The fourth-order valence-electron chi connectivity index (χ4n) is 1.76. The molecule has 1 amide bonds. The highest BCUT2D eigenvalue weighted by atomic mass is 19.4. The van der Waals surface area contributed by atoms with Gasteiger partial charge >= 0.3 is 6.18 Å². The van der Waals surface area contributed by atoms with Crippen LogP contribution in [0.4, 0.5) is 18.9 Å². The predicted octanol–water partition coefficient (Wildman–Crippen LogP) is 2.51. The molecule has 1 rings (SSSR count). The number of nitriles is 1. The van der Waals surface area contributed by atoms with Crippen molar-refractivity contribution in [3.05, 3.63) is 29.8 Å². The van der Waals surface area contributed by atoms with Gasteiger partial charge in [0, 0.05) is 12.1 Å². The van der Waals surface area contributed by atoms with Crippen molar-refractivity contribution in [3.8, 4) is 6.07 Å². The van der Waals surface area contributed by atoms with Crippen molar-refractivity contribution in [2.45, 2.75) is 32.0 Å². The molecular formula is C15H15F3N2O3. The molecule has 0 saturated heterocycles. The normalized spacial score (nSPS) is 13.1. The van der Waals surface area contributed by atoms with Crippen molar-refractivity contribution >= 4 is 17.4 Å². The van der Waals surface area contributed by atoms with Gasteiger partial charge in [0.05, 0.1) is 17.2 Å². The molecule has 0 radical (unpaired) electrons. The van der Waals surface area contributed by atoms with Crippen LogP contribution in [0.25, 0.3) is 0 Å². The summed E-state index contributed by atoms with van der Waals surface area (Å²) >= 11 is 0. The minimum atomic E-state index is -4.50. The predicted molar refractivity (Wildman–Crippen MR) is 75.1 cm³/mol. The number of rotatable bonds is 5. The average Bonchev–Trinajstić information content (AvgIpc) is 2.36. The smallest absolute Gasteiger partial charge is 0.390 e. The molecule has 1 aromatic carbocycles. The maximum Gasteiger partial charge on any atom is 0.416 e. The monoisotopic (exact) mass is 328 g/mol. The summed E-state index contributed by atoms with van der Waals surface area (Å²) in [5.41, 5.74) is -2.23. The Kier molecular flexibility index (Phi) is 5.51. The van der Waals surface area contributed by atoms with Gasteiger partial charge in [-0.05, 0) is 38.1 Å². The Morgan fingerprint density at radius 3 is 2.17 bits per heavy atom. The van der Waals surface area contributed by atoms with E-state index >= 15 is 0 Å². The lowest BCUT2D eigenvalue weighted by molar-refractivity contribution is -0.137. The van der Waals surface area contributed by atoms with Gasteiger partial charge in [0.1, 0.15) is 0 Å². The zero-order chi connectivity index (χ0) is 17.8. The molecule has 23 heavy (non-hydrogen) atoms. The van der Waals surface area contributed by atoms with Crippen LogP contribution in [-0.4, -0.2) is 22.4 Å². The fourth-order valence-corrected chi connectivity index (χ4v) is 1.76. The van der Waals surface area contributed by atoms with Crippen molar-refractivity contribution < 1.29 is 27.9 Å². The summed E-state index contributed by atoms with van der Waals surface area (Å²) in [6.07, 6.45) is -4.90. The standard InChI is InChI=1S/C15H15F3N2O3/c1-14(2,23)7-12(21)11(8-19)13(22)20-10-5-3-9(4-6-10)15(16,17)18/h3-6,11,23H,7H2,1-2H3,(H,20,22). The van der Waals surface area contributed by atoms with Gasteiger partial charge in [-0.3, -0.25) is 9.59 Å². The second kappa shape index (κ2) is 6.79. The van der Waals surface area contributed by atoms with Crippen LogP contribution in [0.5, 0.6) is 0 Å².